The first-order chi connectivity index (χ1) is 7.19. The summed E-state index contributed by atoms with van der Waals surface area (Å²) in [6.07, 6.45) is 4.28. The molecule has 84 valence electrons. The number of aromatic nitrogens is 2. The van der Waals surface area contributed by atoms with Gasteiger partial charge in [-0.3, -0.25) is 4.79 Å². The predicted molar refractivity (Wildman–Crippen MR) is 58.5 cm³/mol. The maximum absolute atomic E-state index is 11.9. The zero-order chi connectivity index (χ0) is 11.3. The number of carbonyl (C=O) groups excluding carboxylic acids is 1. The first-order valence-electron chi connectivity index (χ1n) is 5.16. The summed E-state index contributed by atoms with van der Waals surface area (Å²) in [4.78, 5) is 17.7. The van der Waals surface area contributed by atoms with E-state index < -0.39 is 0 Å². The Kier molecular flexibility index (Phi) is 4.30. The minimum Gasteiger partial charge on any atom is -0.340 e. The summed E-state index contributed by atoms with van der Waals surface area (Å²) in [5.41, 5.74) is 5.95. The molecule has 1 aromatic rings. The van der Waals surface area contributed by atoms with Crippen molar-refractivity contribution in [1.29, 1.82) is 0 Å². The fraction of sp³-hybridized carbons (Fsp3) is 0.600. The molecule has 0 aliphatic rings. The monoisotopic (exact) mass is 210 g/mol. The van der Waals surface area contributed by atoms with Crippen molar-refractivity contribution in [2.45, 2.75) is 13.3 Å². The van der Waals surface area contributed by atoms with Gasteiger partial charge < -0.3 is 15.2 Å². The molecule has 5 heteroatoms. The molecule has 0 spiro atoms. The average Bonchev–Trinajstić information content (AvgIpc) is 2.63. The van der Waals surface area contributed by atoms with E-state index in [2.05, 4.69) is 4.98 Å². The first kappa shape index (κ1) is 11.7. The van der Waals surface area contributed by atoms with Crippen LogP contribution in [0, 0.1) is 0 Å². The number of nitrogens with two attached hydrogens (primary N) is 1. The third-order valence-electron chi connectivity index (χ3n) is 2.10. The van der Waals surface area contributed by atoms with E-state index in [0.717, 1.165) is 13.0 Å². The molecule has 1 rings (SSSR count). The van der Waals surface area contributed by atoms with Crippen molar-refractivity contribution in [3.8, 4) is 0 Å². The van der Waals surface area contributed by atoms with Gasteiger partial charge in [-0.05, 0) is 6.42 Å². The Hall–Kier alpha value is -1.36. The van der Waals surface area contributed by atoms with Gasteiger partial charge in [0.1, 0.15) is 5.69 Å². The van der Waals surface area contributed by atoms with E-state index in [1.54, 1.807) is 22.0 Å². The van der Waals surface area contributed by atoms with Gasteiger partial charge in [-0.1, -0.05) is 6.92 Å². The normalized spacial score (nSPS) is 10.3. The second-order valence-corrected chi connectivity index (χ2v) is 3.51. The molecule has 0 aromatic carbocycles. The molecule has 0 fully saturated rings. The van der Waals surface area contributed by atoms with Crippen LogP contribution < -0.4 is 5.73 Å². The lowest BCUT2D eigenvalue weighted by atomic mass is 10.3. The van der Waals surface area contributed by atoms with Crippen molar-refractivity contribution in [3.63, 3.8) is 0 Å². The largest absolute Gasteiger partial charge is 0.340 e. The van der Waals surface area contributed by atoms with Gasteiger partial charge in [-0.2, -0.15) is 0 Å². The predicted octanol–water partition coefficient (Wildman–Crippen LogP) is 0.231. The van der Waals surface area contributed by atoms with Crippen molar-refractivity contribution < 1.29 is 4.79 Å². The van der Waals surface area contributed by atoms with Crippen molar-refractivity contribution in [1.82, 2.24) is 14.5 Å². The number of rotatable bonds is 5. The number of nitrogens with zero attached hydrogens (tertiary/aromatic N) is 3. The van der Waals surface area contributed by atoms with Crippen LogP contribution in [-0.2, 0) is 7.05 Å². The molecule has 0 saturated carbocycles. The molecular weight excluding hydrogens is 192 g/mol. The molecule has 1 amide bonds. The maximum Gasteiger partial charge on any atom is 0.274 e. The van der Waals surface area contributed by atoms with Crippen LogP contribution in [0.15, 0.2) is 12.5 Å². The van der Waals surface area contributed by atoms with Crippen molar-refractivity contribution >= 4 is 5.91 Å². The summed E-state index contributed by atoms with van der Waals surface area (Å²) >= 11 is 0. The van der Waals surface area contributed by atoms with Crippen molar-refractivity contribution in [2.75, 3.05) is 19.6 Å². The fourth-order valence-corrected chi connectivity index (χ4v) is 1.43. The minimum atomic E-state index is -0.0390. The van der Waals surface area contributed by atoms with E-state index >= 15 is 0 Å². The molecule has 0 bridgehead atoms. The van der Waals surface area contributed by atoms with Crippen LogP contribution >= 0.6 is 0 Å². The van der Waals surface area contributed by atoms with Crippen LogP contribution in [0.5, 0.6) is 0 Å². The first-order valence-corrected chi connectivity index (χ1v) is 5.16. The van der Waals surface area contributed by atoms with E-state index in [0.29, 0.717) is 18.8 Å². The SMILES string of the molecule is CCCN(CCN)C(=O)c1cn(C)cn1. The van der Waals surface area contributed by atoms with E-state index in [4.69, 9.17) is 5.73 Å². The van der Waals surface area contributed by atoms with Gasteiger partial charge in [0.25, 0.3) is 5.91 Å². The summed E-state index contributed by atoms with van der Waals surface area (Å²) in [6, 6.07) is 0. The Bertz CT molecular complexity index is 315. The molecule has 15 heavy (non-hydrogen) atoms. The van der Waals surface area contributed by atoms with Gasteiger partial charge in [-0.25, -0.2) is 4.98 Å². The van der Waals surface area contributed by atoms with Crippen LogP contribution in [0.1, 0.15) is 23.8 Å². The van der Waals surface area contributed by atoms with Gasteiger partial charge in [0.15, 0.2) is 0 Å². The van der Waals surface area contributed by atoms with E-state index in [9.17, 15) is 4.79 Å². The maximum atomic E-state index is 11.9. The van der Waals surface area contributed by atoms with Gasteiger partial charge in [0.2, 0.25) is 0 Å². The van der Waals surface area contributed by atoms with Gasteiger partial charge in [0.05, 0.1) is 6.33 Å². The summed E-state index contributed by atoms with van der Waals surface area (Å²) in [7, 11) is 1.84. The molecule has 0 radical (unpaired) electrons. The van der Waals surface area contributed by atoms with Crippen molar-refractivity contribution in [2.24, 2.45) is 12.8 Å². The lowest BCUT2D eigenvalue weighted by Gasteiger charge is -2.19. The summed E-state index contributed by atoms with van der Waals surface area (Å²) in [5.74, 6) is -0.0390. The number of hydrogen-bond donors (Lipinski definition) is 1. The molecule has 5 nitrogen and oxygen atoms in total. The molecule has 0 unspecified atom stereocenters. The van der Waals surface area contributed by atoms with Gasteiger partial charge in [-0.15, -0.1) is 0 Å². The number of carbonyl (C=O) groups is 1. The Balaban J connectivity index is 2.71. The number of hydrogen-bond acceptors (Lipinski definition) is 3. The zero-order valence-electron chi connectivity index (χ0n) is 9.31. The highest BCUT2D eigenvalue weighted by Crippen LogP contribution is 2.02. The Labute approximate surface area is 89.9 Å². The number of aryl methyl sites for hydroxylation is 1. The second-order valence-electron chi connectivity index (χ2n) is 3.51. The summed E-state index contributed by atoms with van der Waals surface area (Å²) in [5, 5.41) is 0. The van der Waals surface area contributed by atoms with Crippen molar-refractivity contribution in [3.05, 3.63) is 18.2 Å². The molecular formula is C10H18N4O. The molecule has 0 aliphatic heterocycles. The van der Waals surface area contributed by atoms with Gasteiger partial charge >= 0.3 is 0 Å². The Morgan fingerprint density at radius 2 is 2.33 bits per heavy atom. The lowest BCUT2D eigenvalue weighted by molar-refractivity contribution is 0.0755. The van der Waals surface area contributed by atoms with Crippen LogP contribution in [0.2, 0.25) is 0 Å². The quantitative estimate of drug-likeness (QED) is 0.756. The highest BCUT2D eigenvalue weighted by atomic mass is 16.2. The highest BCUT2D eigenvalue weighted by Gasteiger charge is 2.16. The van der Waals surface area contributed by atoms with Crippen LogP contribution in [-0.4, -0.2) is 40.0 Å². The Morgan fingerprint density at radius 1 is 1.60 bits per heavy atom. The molecule has 0 saturated heterocycles. The van der Waals surface area contributed by atoms with E-state index in [1.807, 2.05) is 14.0 Å². The highest BCUT2D eigenvalue weighted by molar-refractivity contribution is 5.92. The Morgan fingerprint density at radius 3 is 2.80 bits per heavy atom. The standard InChI is InChI=1S/C10H18N4O/c1-3-5-14(6-4-11)10(15)9-7-13(2)8-12-9/h7-8H,3-6,11H2,1-2H3. The third-order valence-corrected chi connectivity index (χ3v) is 2.10. The summed E-state index contributed by atoms with van der Waals surface area (Å²) < 4.78 is 1.76. The molecule has 0 aliphatic carbocycles. The zero-order valence-corrected chi connectivity index (χ0v) is 9.31. The lowest BCUT2D eigenvalue weighted by Crippen LogP contribution is -2.36. The molecule has 2 N–H and O–H groups in total. The van der Waals surface area contributed by atoms with E-state index in [-0.39, 0.29) is 5.91 Å². The summed E-state index contributed by atoms with van der Waals surface area (Å²) in [6.45, 7) is 3.84. The van der Waals surface area contributed by atoms with Crippen LogP contribution in [0.25, 0.3) is 0 Å². The third kappa shape index (κ3) is 3.06. The minimum absolute atomic E-state index is 0.0390. The number of amides is 1. The molecule has 1 aromatic heterocycles. The topological polar surface area (TPSA) is 64.2 Å². The van der Waals surface area contributed by atoms with Gasteiger partial charge in [0, 0.05) is 32.9 Å². The average molecular weight is 210 g/mol. The van der Waals surface area contributed by atoms with Crippen LogP contribution in [0.3, 0.4) is 0 Å². The molecule has 0 atom stereocenters. The molecule has 1 heterocycles. The fourth-order valence-electron chi connectivity index (χ4n) is 1.43. The second kappa shape index (κ2) is 5.50. The number of imidazole rings is 1. The van der Waals surface area contributed by atoms with Crippen LogP contribution in [0.4, 0.5) is 0 Å². The smallest absolute Gasteiger partial charge is 0.274 e. The van der Waals surface area contributed by atoms with E-state index in [1.165, 1.54) is 0 Å².